The zero-order valence-electron chi connectivity index (χ0n) is 14.0. The maximum atomic E-state index is 12.1. The van der Waals surface area contributed by atoms with Gasteiger partial charge in [-0.3, -0.25) is 4.79 Å². The number of aromatic nitrogens is 1. The third kappa shape index (κ3) is 4.01. The summed E-state index contributed by atoms with van der Waals surface area (Å²) in [6.07, 6.45) is 2.62. The first kappa shape index (κ1) is 16.6. The van der Waals surface area contributed by atoms with E-state index in [1.165, 1.54) is 12.2 Å². The second-order valence-electron chi connectivity index (χ2n) is 5.70. The Balaban J connectivity index is 1.59. The molecule has 0 fully saturated rings. The molecule has 0 saturated heterocycles. The fraction of sp³-hybridized carbons (Fsp3) is 0.150. The number of carbonyl (C=O) groups excluding carboxylic acids is 2. The van der Waals surface area contributed by atoms with E-state index < -0.39 is 5.97 Å². The molecule has 25 heavy (non-hydrogen) atoms. The van der Waals surface area contributed by atoms with Gasteiger partial charge < -0.3 is 9.15 Å². The van der Waals surface area contributed by atoms with Gasteiger partial charge in [0, 0.05) is 17.7 Å². The first-order chi connectivity index (χ1) is 12.0. The summed E-state index contributed by atoms with van der Waals surface area (Å²) < 4.78 is 10.5. The Morgan fingerprint density at radius 1 is 1.16 bits per heavy atom. The highest BCUT2D eigenvalue weighted by Crippen LogP contribution is 2.15. The second kappa shape index (κ2) is 7.13. The van der Waals surface area contributed by atoms with E-state index in [1.54, 1.807) is 12.1 Å². The lowest BCUT2D eigenvalue weighted by Crippen LogP contribution is -2.13. The largest absolute Gasteiger partial charge is 0.454 e. The van der Waals surface area contributed by atoms with Gasteiger partial charge >= 0.3 is 5.97 Å². The van der Waals surface area contributed by atoms with Gasteiger partial charge in [0.2, 0.25) is 11.7 Å². The van der Waals surface area contributed by atoms with Crippen molar-refractivity contribution in [2.24, 2.45) is 0 Å². The Kier molecular flexibility index (Phi) is 4.75. The van der Waals surface area contributed by atoms with Crippen LogP contribution in [0.2, 0.25) is 0 Å². The molecule has 0 aliphatic heterocycles. The Morgan fingerprint density at radius 3 is 2.72 bits per heavy atom. The average molecular weight is 335 g/mol. The van der Waals surface area contributed by atoms with Crippen LogP contribution in [0.25, 0.3) is 17.2 Å². The Labute approximate surface area is 144 Å². The van der Waals surface area contributed by atoms with E-state index in [2.05, 4.69) is 4.98 Å². The minimum absolute atomic E-state index is 0.235. The number of Topliss-reactive ketones (excluding diaryl/α,β-unsaturated/α-hetero) is 1. The third-order valence-electron chi connectivity index (χ3n) is 3.70. The van der Waals surface area contributed by atoms with Crippen LogP contribution in [0.3, 0.4) is 0 Å². The number of benzene rings is 2. The highest BCUT2D eigenvalue weighted by Gasteiger charge is 2.11. The molecule has 3 aromatic rings. The molecule has 1 aromatic heterocycles. The van der Waals surface area contributed by atoms with Gasteiger partial charge in [-0.25, -0.2) is 9.78 Å². The molecule has 0 aliphatic rings. The Bertz CT molecular complexity index is 936. The van der Waals surface area contributed by atoms with Crippen LogP contribution < -0.4 is 0 Å². The minimum atomic E-state index is -0.625. The predicted octanol–water partition coefficient (Wildman–Crippen LogP) is 3.88. The predicted molar refractivity (Wildman–Crippen MR) is 94.2 cm³/mol. The second-order valence-corrected chi connectivity index (χ2v) is 5.70. The molecular weight excluding hydrogens is 318 g/mol. The number of hydrogen-bond acceptors (Lipinski definition) is 5. The summed E-state index contributed by atoms with van der Waals surface area (Å²) in [5.41, 5.74) is 3.85. The molecule has 126 valence electrons. The fourth-order valence-corrected chi connectivity index (χ4v) is 2.49. The first-order valence-corrected chi connectivity index (χ1v) is 7.84. The Morgan fingerprint density at radius 2 is 1.96 bits per heavy atom. The molecule has 0 radical (unpaired) electrons. The lowest BCUT2D eigenvalue weighted by atomic mass is 10.0. The molecule has 5 nitrogen and oxygen atoms in total. The molecule has 0 saturated carbocycles. The number of para-hydroxylation sites is 2. The van der Waals surface area contributed by atoms with Crippen molar-refractivity contribution < 1.29 is 18.7 Å². The summed E-state index contributed by atoms with van der Waals surface area (Å²) in [6.45, 7) is 3.51. The number of ketones is 1. The zero-order chi connectivity index (χ0) is 17.8. The van der Waals surface area contributed by atoms with Crippen molar-refractivity contribution in [3.05, 3.63) is 71.1 Å². The lowest BCUT2D eigenvalue weighted by molar-refractivity contribution is -0.136. The number of rotatable bonds is 5. The normalized spacial score (nSPS) is 11.1. The zero-order valence-corrected chi connectivity index (χ0v) is 14.0. The molecule has 0 unspecified atom stereocenters. The fourth-order valence-electron chi connectivity index (χ4n) is 2.49. The van der Waals surface area contributed by atoms with E-state index >= 15 is 0 Å². The van der Waals surface area contributed by atoms with Crippen molar-refractivity contribution in [3.8, 4) is 0 Å². The van der Waals surface area contributed by atoms with Gasteiger partial charge in [0.25, 0.3) is 0 Å². The SMILES string of the molecule is Cc1ccc(C(=O)COC(=O)/C=C/c2nc3ccccc3o2)c(C)c1. The van der Waals surface area contributed by atoms with Crippen molar-refractivity contribution in [2.75, 3.05) is 6.61 Å². The van der Waals surface area contributed by atoms with Crippen LogP contribution in [0.5, 0.6) is 0 Å². The molecule has 0 aliphatic carbocycles. The highest BCUT2D eigenvalue weighted by molar-refractivity contribution is 6.00. The van der Waals surface area contributed by atoms with Crippen molar-refractivity contribution >= 4 is 28.9 Å². The topological polar surface area (TPSA) is 69.4 Å². The summed E-state index contributed by atoms with van der Waals surface area (Å²) in [4.78, 5) is 28.1. The number of esters is 1. The van der Waals surface area contributed by atoms with E-state index in [9.17, 15) is 9.59 Å². The van der Waals surface area contributed by atoms with Crippen LogP contribution in [0, 0.1) is 13.8 Å². The van der Waals surface area contributed by atoms with E-state index in [0.717, 1.165) is 11.1 Å². The van der Waals surface area contributed by atoms with Crippen LogP contribution >= 0.6 is 0 Å². The van der Waals surface area contributed by atoms with Crippen molar-refractivity contribution in [3.63, 3.8) is 0 Å². The monoisotopic (exact) mass is 335 g/mol. The summed E-state index contributed by atoms with van der Waals surface area (Å²) in [6, 6.07) is 12.8. The van der Waals surface area contributed by atoms with Gasteiger partial charge in [-0.1, -0.05) is 35.9 Å². The minimum Gasteiger partial charge on any atom is -0.454 e. The quantitative estimate of drug-likeness (QED) is 0.402. The maximum Gasteiger partial charge on any atom is 0.331 e. The summed E-state index contributed by atoms with van der Waals surface area (Å²) in [7, 11) is 0. The summed E-state index contributed by atoms with van der Waals surface area (Å²) in [5, 5.41) is 0. The van der Waals surface area contributed by atoms with Gasteiger partial charge in [0.05, 0.1) is 0 Å². The molecule has 3 rings (SSSR count). The number of nitrogens with zero attached hydrogens (tertiary/aromatic N) is 1. The maximum absolute atomic E-state index is 12.1. The number of aryl methyl sites for hydroxylation is 2. The van der Waals surface area contributed by atoms with Crippen LogP contribution in [-0.2, 0) is 9.53 Å². The van der Waals surface area contributed by atoms with Gasteiger partial charge in [-0.2, -0.15) is 0 Å². The van der Waals surface area contributed by atoms with Crippen molar-refractivity contribution in [1.82, 2.24) is 4.98 Å². The highest BCUT2D eigenvalue weighted by atomic mass is 16.5. The van der Waals surface area contributed by atoms with E-state index in [0.29, 0.717) is 22.6 Å². The standard InChI is InChI=1S/C20H17NO4/c1-13-7-8-15(14(2)11-13)17(22)12-24-20(23)10-9-19-21-16-5-3-4-6-18(16)25-19/h3-11H,12H2,1-2H3/b10-9+. The number of carbonyl (C=O) groups is 2. The molecular formula is C20H17NO4. The van der Waals surface area contributed by atoms with Gasteiger partial charge in [-0.15, -0.1) is 0 Å². The van der Waals surface area contributed by atoms with Crippen LogP contribution in [0.4, 0.5) is 0 Å². The number of hydrogen-bond donors (Lipinski definition) is 0. The van der Waals surface area contributed by atoms with Crippen LogP contribution in [-0.4, -0.2) is 23.3 Å². The van der Waals surface area contributed by atoms with Crippen molar-refractivity contribution in [1.29, 1.82) is 0 Å². The average Bonchev–Trinajstić information content (AvgIpc) is 3.01. The summed E-state index contributed by atoms with van der Waals surface area (Å²) >= 11 is 0. The van der Waals surface area contributed by atoms with E-state index in [4.69, 9.17) is 9.15 Å². The van der Waals surface area contributed by atoms with Crippen LogP contribution in [0.15, 0.2) is 53.0 Å². The Hall–Kier alpha value is -3.21. The van der Waals surface area contributed by atoms with Gasteiger partial charge in [-0.05, 0) is 31.5 Å². The summed E-state index contributed by atoms with van der Waals surface area (Å²) in [5.74, 6) is -0.555. The molecule has 0 amide bonds. The molecule has 0 spiro atoms. The van der Waals surface area contributed by atoms with E-state index in [-0.39, 0.29) is 12.4 Å². The number of ether oxygens (including phenoxy) is 1. The van der Waals surface area contributed by atoms with Crippen LogP contribution in [0.1, 0.15) is 27.4 Å². The molecule has 5 heteroatoms. The molecule has 0 N–H and O–H groups in total. The molecule has 0 atom stereocenters. The molecule has 1 heterocycles. The molecule has 2 aromatic carbocycles. The van der Waals surface area contributed by atoms with Gasteiger partial charge in [0.15, 0.2) is 12.2 Å². The third-order valence-corrected chi connectivity index (χ3v) is 3.70. The number of oxazole rings is 1. The molecule has 0 bridgehead atoms. The lowest BCUT2D eigenvalue weighted by Gasteiger charge is -2.06. The smallest absolute Gasteiger partial charge is 0.331 e. The first-order valence-electron chi connectivity index (χ1n) is 7.84. The van der Waals surface area contributed by atoms with E-state index in [1.807, 2.05) is 44.2 Å². The number of fused-ring (bicyclic) bond motifs is 1. The van der Waals surface area contributed by atoms with Gasteiger partial charge in [0.1, 0.15) is 5.52 Å². The van der Waals surface area contributed by atoms with Crippen molar-refractivity contribution in [2.45, 2.75) is 13.8 Å².